The third-order valence-electron chi connectivity index (χ3n) is 4.33. The molecule has 0 bridgehead atoms. The van der Waals surface area contributed by atoms with E-state index in [9.17, 15) is 9.59 Å². The number of carbonyl (C=O) groups excluding carboxylic acids is 2. The summed E-state index contributed by atoms with van der Waals surface area (Å²) in [6.07, 6.45) is -0.585. The van der Waals surface area contributed by atoms with Crippen molar-refractivity contribution >= 4 is 29.3 Å². The maximum atomic E-state index is 12.4. The number of hydrogen-bond donors (Lipinski definition) is 1. The Bertz CT molecular complexity index is 807. The number of thioether (sulfide) groups is 1. The highest BCUT2D eigenvalue weighted by molar-refractivity contribution is 7.98. The summed E-state index contributed by atoms with van der Waals surface area (Å²) in [7, 11) is 0. The number of nitrogens with zero attached hydrogens (tertiary/aromatic N) is 1. The molecule has 2 amide bonds. The van der Waals surface area contributed by atoms with Crippen LogP contribution < -0.4 is 15.0 Å². The second kappa shape index (κ2) is 8.95. The molecule has 0 saturated carbocycles. The van der Waals surface area contributed by atoms with Crippen LogP contribution in [0.15, 0.2) is 48.5 Å². The van der Waals surface area contributed by atoms with Gasteiger partial charge in [0.25, 0.3) is 5.91 Å². The van der Waals surface area contributed by atoms with Crippen LogP contribution in [0.25, 0.3) is 0 Å². The van der Waals surface area contributed by atoms with Gasteiger partial charge in [-0.15, -0.1) is 0 Å². The quantitative estimate of drug-likeness (QED) is 0.745. The highest BCUT2D eigenvalue weighted by Crippen LogP contribution is 2.33. The first-order chi connectivity index (χ1) is 13.0. The Kier molecular flexibility index (Phi) is 6.40. The van der Waals surface area contributed by atoms with Crippen LogP contribution in [0.2, 0.25) is 0 Å². The highest BCUT2D eigenvalue weighted by Gasteiger charge is 2.32. The topological polar surface area (TPSA) is 58.6 Å². The van der Waals surface area contributed by atoms with E-state index in [2.05, 4.69) is 36.5 Å². The summed E-state index contributed by atoms with van der Waals surface area (Å²) in [5.41, 5.74) is 3.18. The Balaban J connectivity index is 1.45. The van der Waals surface area contributed by atoms with Crippen LogP contribution in [0.1, 0.15) is 18.1 Å². The zero-order chi connectivity index (χ0) is 19.2. The van der Waals surface area contributed by atoms with Crippen LogP contribution in [0.4, 0.5) is 5.69 Å². The average Bonchev–Trinajstić information content (AvgIpc) is 2.66. The molecule has 0 fully saturated rings. The summed E-state index contributed by atoms with van der Waals surface area (Å²) in [5, 5.41) is 2.90. The van der Waals surface area contributed by atoms with Crippen molar-refractivity contribution in [2.75, 3.05) is 23.7 Å². The van der Waals surface area contributed by atoms with Crippen molar-refractivity contribution in [3.8, 4) is 5.75 Å². The van der Waals surface area contributed by atoms with Crippen molar-refractivity contribution in [1.29, 1.82) is 0 Å². The number of anilines is 1. The first kappa shape index (κ1) is 19.3. The number of ether oxygens (including phenoxy) is 1. The van der Waals surface area contributed by atoms with E-state index >= 15 is 0 Å². The highest BCUT2D eigenvalue weighted by atomic mass is 32.2. The third-order valence-corrected chi connectivity index (χ3v) is 5.36. The van der Waals surface area contributed by atoms with E-state index < -0.39 is 6.10 Å². The minimum atomic E-state index is -0.585. The molecule has 1 heterocycles. The lowest BCUT2D eigenvalue weighted by Gasteiger charge is -2.32. The number of para-hydroxylation sites is 2. The van der Waals surface area contributed by atoms with E-state index in [4.69, 9.17) is 4.74 Å². The van der Waals surface area contributed by atoms with E-state index in [1.165, 1.54) is 16.0 Å². The summed E-state index contributed by atoms with van der Waals surface area (Å²) in [6.45, 7) is 4.35. The van der Waals surface area contributed by atoms with E-state index in [0.717, 1.165) is 11.5 Å². The maximum Gasteiger partial charge on any atom is 0.268 e. The van der Waals surface area contributed by atoms with E-state index in [-0.39, 0.29) is 18.4 Å². The van der Waals surface area contributed by atoms with Crippen LogP contribution in [0.5, 0.6) is 5.75 Å². The lowest BCUT2D eigenvalue weighted by atomic mass is 10.2. The molecule has 6 heteroatoms. The number of nitrogens with one attached hydrogen (secondary N) is 1. The third kappa shape index (κ3) is 5.04. The molecule has 27 heavy (non-hydrogen) atoms. The predicted molar refractivity (Wildman–Crippen MR) is 109 cm³/mol. The van der Waals surface area contributed by atoms with Gasteiger partial charge in [-0.25, -0.2) is 0 Å². The van der Waals surface area contributed by atoms with Gasteiger partial charge in [-0.2, -0.15) is 11.8 Å². The Morgan fingerprint density at radius 3 is 2.70 bits per heavy atom. The van der Waals surface area contributed by atoms with Crippen molar-refractivity contribution in [2.45, 2.75) is 25.7 Å². The summed E-state index contributed by atoms with van der Waals surface area (Å²) in [6, 6.07) is 15.8. The lowest BCUT2D eigenvalue weighted by molar-refractivity contribution is -0.128. The molecule has 1 atom stereocenters. The molecular weight excluding hydrogens is 360 g/mol. The summed E-state index contributed by atoms with van der Waals surface area (Å²) < 4.78 is 5.59. The number of fused-ring (bicyclic) bond motifs is 1. The number of rotatable bonds is 7. The van der Waals surface area contributed by atoms with Crippen molar-refractivity contribution in [2.24, 2.45) is 0 Å². The predicted octanol–water partition coefficient (Wildman–Crippen LogP) is 3.16. The molecule has 1 aliphatic heterocycles. The standard InChI is InChI=1S/C21H24N2O3S/c1-15-7-9-17(10-8-15)14-27-12-11-22-20(24)13-23-18-5-3-4-6-19(18)26-16(2)21(23)25/h3-10,16H,11-14H2,1-2H3,(H,22,24). The number of amides is 2. The van der Waals surface area contributed by atoms with Gasteiger partial charge in [0, 0.05) is 18.1 Å². The molecular formula is C21H24N2O3S. The first-order valence-electron chi connectivity index (χ1n) is 9.01. The van der Waals surface area contributed by atoms with Crippen LogP contribution in [-0.2, 0) is 15.3 Å². The fraction of sp³-hybridized carbons (Fsp3) is 0.333. The van der Waals surface area contributed by atoms with Gasteiger partial charge in [0.05, 0.1) is 5.69 Å². The van der Waals surface area contributed by atoms with Gasteiger partial charge < -0.3 is 10.1 Å². The molecule has 0 radical (unpaired) electrons. The first-order valence-corrected chi connectivity index (χ1v) is 10.2. The molecule has 5 nitrogen and oxygen atoms in total. The van der Waals surface area contributed by atoms with Crippen molar-refractivity contribution < 1.29 is 14.3 Å². The van der Waals surface area contributed by atoms with Crippen LogP contribution >= 0.6 is 11.8 Å². The van der Waals surface area contributed by atoms with Crippen molar-refractivity contribution in [1.82, 2.24) is 5.32 Å². The van der Waals surface area contributed by atoms with Gasteiger partial charge in [0.1, 0.15) is 12.3 Å². The minimum absolute atomic E-state index is 0.00613. The summed E-state index contributed by atoms with van der Waals surface area (Å²) in [5.74, 6) is 2.01. The fourth-order valence-corrected chi connectivity index (χ4v) is 3.68. The Morgan fingerprint density at radius 1 is 1.19 bits per heavy atom. The number of carbonyl (C=O) groups is 2. The molecule has 1 aliphatic rings. The fourth-order valence-electron chi connectivity index (χ4n) is 2.86. The zero-order valence-corrected chi connectivity index (χ0v) is 16.4. The van der Waals surface area contributed by atoms with Gasteiger partial charge in [0.2, 0.25) is 5.91 Å². The van der Waals surface area contributed by atoms with Crippen LogP contribution in [-0.4, -0.2) is 36.8 Å². The van der Waals surface area contributed by atoms with Crippen molar-refractivity contribution in [3.05, 3.63) is 59.7 Å². The Morgan fingerprint density at radius 2 is 1.93 bits per heavy atom. The van der Waals surface area contributed by atoms with Gasteiger partial charge >= 0.3 is 0 Å². The molecule has 0 spiro atoms. The SMILES string of the molecule is Cc1ccc(CSCCNC(=O)CN2C(=O)C(C)Oc3ccccc32)cc1. The van der Waals surface area contributed by atoms with Gasteiger partial charge in [-0.05, 0) is 31.5 Å². The lowest BCUT2D eigenvalue weighted by Crippen LogP contribution is -2.49. The number of aryl methyl sites for hydroxylation is 1. The number of benzene rings is 2. The molecule has 2 aromatic carbocycles. The zero-order valence-electron chi connectivity index (χ0n) is 15.6. The minimum Gasteiger partial charge on any atom is -0.479 e. The van der Waals surface area contributed by atoms with E-state index in [0.29, 0.717) is 18.0 Å². The molecule has 0 aromatic heterocycles. The second-order valence-corrected chi connectivity index (χ2v) is 7.65. The van der Waals surface area contributed by atoms with Crippen molar-refractivity contribution in [3.63, 3.8) is 0 Å². The Labute approximate surface area is 164 Å². The molecule has 0 aliphatic carbocycles. The Hall–Kier alpha value is -2.47. The van der Waals surface area contributed by atoms with E-state index in [1.807, 2.05) is 18.2 Å². The second-order valence-electron chi connectivity index (χ2n) is 6.54. The summed E-state index contributed by atoms with van der Waals surface area (Å²) >= 11 is 1.77. The molecule has 3 rings (SSSR count). The molecule has 2 aromatic rings. The van der Waals surface area contributed by atoms with Gasteiger partial charge in [0.15, 0.2) is 6.10 Å². The van der Waals surface area contributed by atoms with Crippen LogP contribution in [0, 0.1) is 6.92 Å². The molecule has 0 saturated heterocycles. The van der Waals surface area contributed by atoms with Gasteiger partial charge in [-0.3, -0.25) is 14.5 Å². The largest absolute Gasteiger partial charge is 0.479 e. The van der Waals surface area contributed by atoms with E-state index in [1.54, 1.807) is 24.8 Å². The monoisotopic (exact) mass is 384 g/mol. The molecule has 1 N–H and O–H groups in total. The van der Waals surface area contributed by atoms with Crippen LogP contribution in [0.3, 0.4) is 0 Å². The van der Waals surface area contributed by atoms with Gasteiger partial charge in [-0.1, -0.05) is 42.0 Å². The maximum absolute atomic E-state index is 12.4. The average molecular weight is 385 g/mol. The smallest absolute Gasteiger partial charge is 0.268 e. The normalized spacial score (nSPS) is 15.9. The number of hydrogen-bond acceptors (Lipinski definition) is 4. The molecule has 142 valence electrons. The summed E-state index contributed by atoms with van der Waals surface area (Å²) in [4.78, 5) is 26.2. The molecule has 1 unspecified atom stereocenters.